The van der Waals surface area contributed by atoms with Crippen LogP contribution in [-0.2, 0) is 12.4 Å². The third-order valence-electron chi connectivity index (χ3n) is 3.06. The smallest absolute Gasteiger partial charge is 0.398 e. The molecule has 0 radical (unpaired) electrons. The molecule has 2 rings (SSSR count). The number of nitrogens with two attached hydrogens (primary N) is 1. The summed E-state index contributed by atoms with van der Waals surface area (Å²) < 4.78 is 77.3. The predicted molar refractivity (Wildman–Crippen MR) is 70.7 cm³/mol. The summed E-state index contributed by atoms with van der Waals surface area (Å²) in [7, 11) is 0. The highest BCUT2D eigenvalue weighted by Gasteiger charge is 2.40. The molecular formula is C15H9F6NO. The maximum absolute atomic E-state index is 13.1. The molecular weight excluding hydrogens is 324 g/mol. The first-order chi connectivity index (χ1) is 10.5. The quantitative estimate of drug-likeness (QED) is 0.498. The number of alkyl halides is 6. The Morgan fingerprint density at radius 3 is 1.91 bits per heavy atom. The van der Waals surface area contributed by atoms with Gasteiger partial charge in [0.15, 0.2) is 5.78 Å². The van der Waals surface area contributed by atoms with Crippen LogP contribution in [0.3, 0.4) is 0 Å². The first kappa shape index (κ1) is 16.9. The van der Waals surface area contributed by atoms with E-state index >= 15 is 0 Å². The molecule has 0 spiro atoms. The lowest BCUT2D eigenvalue weighted by Crippen LogP contribution is -2.19. The van der Waals surface area contributed by atoms with Crippen LogP contribution in [0.5, 0.6) is 0 Å². The SMILES string of the molecule is Nc1cc(C(F)(F)F)cc(C(F)(F)F)c1C(=O)c1ccccc1. The van der Waals surface area contributed by atoms with Gasteiger partial charge in [-0.2, -0.15) is 26.3 Å². The number of anilines is 1. The lowest BCUT2D eigenvalue weighted by molar-refractivity contribution is -0.143. The van der Waals surface area contributed by atoms with E-state index in [0.29, 0.717) is 6.07 Å². The number of rotatable bonds is 2. The second kappa shape index (κ2) is 5.60. The first-order valence-electron chi connectivity index (χ1n) is 6.19. The van der Waals surface area contributed by atoms with E-state index < -0.39 is 40.5 Å². The monoisotopic (exact) mass is 333 g/mol. The van der Waals surface area contributed by atoms with Gasteiger partial charge in [-0.1, -0.05) is 30.3 Å². The largest absolute Gasteiger partial charge is 0.417 e. The molecule has 0 aliphatic heterocycles. The number of carbonyl (C=O) groups excluding carboxylic acids is 1. The third-order valence-corrected chi connectivity index (χ3v) is 3.06. The van der Waals surface area contributed by atoms with Crippen LogP contribution in [-0.4, -0.2) is 5.78 Å². The number of halogens is 6. The van der Waals surface area contributed by atoms with Crippen LogP contribution in [0.2, 0.25) is 0 Å². The van der Waals surface area contributed by atoms with Gasteiger partial charge in [-0.25, -0.2) is 0 Å². The number of ketones is 1. The Morgan fingerprint density at radius 1 is 0.870 bits per heavy atom. The average molecular weight is 333 g/mol. The average Bonchev–Trinajstić information content (AvgIpc) is 2.44. The summed E-state index contributed by atoms with van der Waals surface area (Å²) in [4.78, 5) is 12.2. The van der Waals surface area contributed by atoms with Gasteiger partial charge in [0.05, 0.1) is 16.7 Å². The fourth-order valence-corrected chi connectivity index (χ4v) is 2.04. The molecule has 0 heterocycles. The van der Waals surface area contributed by atoms with Crippen LogP contribution in [0.1, 0.15) is 27.0 Å². The van der Waals surface area contributed by atoms with Gasteiger partial charge in [0, 0.05) is 11.3 Å². The molecule has 8 heteroatoms. The molecule has 2 nitrogen and oxygen atoms in total. The Labute approximate surface area is 126 Å². The van der Waals surface area contributed by atoms with Crippen LogP contribution in [0, 0.1) is 0 Å². The van der Waals surface area contributed by atoms with Crippen molar-refractivity contribution < 1.29 is 31.1 Å². The highest BCUT2D eigenvalue weighted by Crippen LogP contribution is 2.40. The molecule has 0 aliphatic rings. The van der Waals surface area contributed by atoms with Crippen LogP contribution >= 0.6 is 0 Å². The van der Waals surface area contributed by atoms with Gasteiger partial charge in [-0.05, 0) is 12.1 Å². The van der Waals surface area contributed by atoms with Gasteiger partial charge in [0.2, 0.25) is 0 Å². The first-order valence-corrected chi connectivity index (χ1v) is 6.19. The van der Waals surface area contributed by atoms with E-state index in [1.54, 1.807) is 0 Å². The molecule has 0 atom stereocenters. The summed E-state index contributed by atoms with van der Waals surface area (Å²) in [6.07, 6.45) is -10.2. The van der Waals surface area contributed by atoms with Crippen LogP contribution in [0.15, 0.2) is 42.5 Å². The molecule has 23 heavy (non-hydrogen) atoms. The molecule has 2 N–H and O–H groups in total. The number of carbonyl (C=O) groups is 1. The Bertz CT molecular complexity index is 734. The molecule has 0 amide bonds. The van der Waals surface area contributed by atoms with Crippen molar-refractivity contribution in [2.75, 3.05) is 5.73 Å². The zero-order chi connectivity index (χ0) is 17.4. The highest BCUT2D eigenvalue weighted by atomic mass is 19.4. The number of hydrogen-bond donors (Lipinski definition) is 1. The van der Waals surface area contributed by atoms with E-state index in [4.69, 9.17) is 5.73 Å². The topological polar surface area (TPSA) is 43.1 Å². The Hall–Kier alpha value is -2.51. The van der Waals surface area contributed by atoms with Crippen molar-refractivity contribution in [1.29, 1.82) is 0 Å². The maximum Gasteiger partial charge on any atom is 0.417 e. The van der Waals surface area contributed by atoms with Crippen molar-refractivity contribution >= 4 is 11.5 Å². The molecule has 0 saturated heterocycles. The van der Waals surface area contributed by atoms with Crippen molar-refractivity contribution in [3.05, 3.63) is 64.7 Å². The zero-order valence-electron chi connectivity index (χ0n) is 11.3. The minimum atomic E-state index is -5.16. The lowest BCUT2D eigenvalue weighted by Gasteiger charge is -2.17. The van der Waals surface area contributed by atoms with Crippen LogP contribution < -0.4 is 5.73 Å². The molecule has 0 aliphatic carbocycles. The molecule has 2 aromatic carbocycles. The standard InChI is InChI=1S/C15H9F6NO/c16-14(17,18)9-6-10(15(19,20)21)12(11(22)7-9)13(23)8-4-2-1-3-5-8/h1-7H,22H2. The molecule has 2 aromatic rings. The van der Waals surface area contributed by atoms with Gasteiger partial charge < -0.3 is 5.73 Å². The minimum absolute atomic E-state index is 0.105. The summed E-state index contributed by atoms with van der Waals surface area (Å²) >= 11 is 0. The van der Waals surface area contributed by atoms with Gasteiger partial charge >= 0.3 is 12.4 Å². The third kappa shape index (κ3) is 3.46. The minimum Gasteiger partial charge on any atom is -0.398 e. The van der Waals surface area contributed by atoms with E-state index in [0.717, 1.165) is 0 Å². The fourth-order valence-electron chi connectivity index (χ4n) is 2.04. The highest BCUT2D eigenvalue weighted by molar-refractivity contribution is 6.13. The van der Waals surface area contributed by atoms with Crippen molar-refractivity contribution in [1.82, 2.24) is 0 Å². The van der Waals surface area contributed by atoms with Crippen LogP contribution in [0.25, 0.3) is 0 Å². The van der Waals surface area contributed by atoms with E-state index in [9.17, 15) is 31.1 Å². The molecule has 122 valence electrons. The second-order valence-electron chi connectivity index (χ2n) is 4.68. The number of nitrogen functional groups attached to an aromatic ring is 1. The molecule has 0 bridgehead atoms. The Balaban J connectivity index is 2.71. The lowest BCUT2D eigenvalue weighted by atomic mass is 9.94. The van der Waals surface area contributed by atoms with Crippen molar-refractivity contribution in [3.8, 4) is 0 Å². The summed E-state index contributed by atoms with van der Waals surface area (Å²) in [5.74, 6) is -1.09. The normalized spacial score (nSPS) is 12.3. The van der Waals surface area contributed by atoms with E-state index in [1.807, 2.05) is 0 Å². The van der Waals surface area contributed by atoms with Gasteiger partial charge in [0.25, 0.3) is 0 Å². The fraction of sp³-hybridized carbons (Fsp3) is 0.133. The number of benzene rings is 2. The van der Waals surface area contributed by atoms with Gasteiger partial charge in [-0.3, -0.25) is 4.79 Å². The van der Waals surface area contributed by atoms with E-state index in [1.165, 1.54) is 30.3 Å². The molecule has 0 unspecified atom stereocenters. The predicted octanol–water partition coefficient (Wildman–Crippen LogP) is 4.54. The van der Waals surface area contributed by atoms with Gasteiger partial charge in [0.1, 0.15) is 0 Å². The molecule has 0 saturated carbocycles. The summed E-state index contributed by atoms with van der Waals surface area (Å²) in [6, 6.07) is 7.09. The molecule has 0 fully saturated rings. The van der Waals surface area contributed by atoms with Crippen LogP contribution in [0.4, 0.5) is 32.0 Å². The maximum atomic E-state index is 13.1. The number of hydrogen-bond acceptors (Lipinski definition) is 2. The summed E-state index contributed by atoms with van der Waals surface area (Å²) in [5.41, 5.74) is 0.0902. The van der Waals surface area contributed by atoms with E-state index in [-0.39, 0.29) is 11.6 Å². The Morgan fingerprint density at radius 2 is 1.43 bits per heavy atom. The zero-order valence-corrected chi connectivity index (χ0v) is 11.3. The summed E-state index contributed by atoms with van der Waals surface area (Å²) in [5, 5.41) is 0. The molecule has 0 aromatic heterocycles. The van der Waals surface area contributed by atoms with Crippen molar-refractivity contribution in [2.24, 2.45) is 0 Å². The second-order valence-corrected chi connectivity index (χ2v) is 4.68. The van der Waals surface area contributed by atoms with Crippen molar-refractivity contribution in [3.63, 3.8) is 0 Å². The van der Waals surface area contributed by atoms with Gasteiger partial charge in [-0.15, -0.1) is 0 Å². The van der Waals surface area contributed by atoms with Crippen molar-refractivity contribution in [2.45, 2.75) is 12.4 Å². The summed E-state index contributed by atoms with van der Waals surface area (Å²) in [6.45, 7) is 0. The van der Waals surface area contributed by atoms with E-state index in [2.05, 4.69) is 0 Å². The Kier molecular flexibility index (Phi) is 4.10.